The van der Waals surface area contributed by atoms with Gasteiger partial charge in [-0.25, -0.2) is 18.1 Å². The highest BCUT2D eigenvalue weighted by atomic mass is 32.2. The minimum atomic E-state index is -3.68. The van der Waals surface area contributed by atoms with E-state index in [1.54, 1.807) is 16.8 Å². The number of ether oxygens (including phenoxy) is 1. The molecule has 0 radical (unpaired) electrons. The monoisotopic (exact) mass is 437 g/mol. The van der Waals surface area contributed by atoms with Gasteiger partial charge >= 0.3 is 0 Å². The van der Waals surface area contributed by atoms with Crippen LogP contribution in [0.3, 0.4) is 0 Å². The largest absolute Gasteiger partial charge is 0.496 e. The molecule has 4 rings (SSSR count). The third-order valence-corrected chi connectivity index (χ3v) is 5.89. The molecule has 4 aromatic rings. The van der Waals surface area contributed by atoms with Crippen LogP contribution in [0.5, 0.6) is 5.75 Å². The first-order chi connectivity index (χ1) is 14.7. The Kier molecular flexibility index (Phi) is 5.14. The van der Waals surface area contributed by atoms with Crippen LogP contribution in [0, 0.1) is 0 Å². The fourth-order valence-electron chi connectivity index (χ4n) is 3.39. The lowest BCUT2D eigenvalue weighted by Gasteiger charge is -2.10. The van der Waals surface area contributed by atoms with Crippen LogP contribution in [0.2, 0.25) is 0 Å². The number of anilines is 1. The Morgan fingerprint density at radius 3 is 2.32 bits per heavy atom. The van der Waals surface area contributed by atoms with Gasteiger partial charge in [0.2, 0.25) is 15.0 Å². The number of sulfone groups is 1. The standard InChI is InChI=1S/C22H23N5O3S/c1-13(2)14-9-11-15(12-10-14)27-20(23)18-19(16-7-5-6-8-17(16)30-3)24-22(31(4,28)29)25-21(18)26-27/h5-13H,23H2,1-4H3. The van der Waals surface area contributed by atoms with Gasteiger partial charge in [-0.2, -0.15) is 4.98 Å². The van der Waals surface area contributed by atoms with Crippen molar-refractivity contribution < 1.29 is 13.2 Å². The Hall–Kier alpha value is -3.46. The van der Waals surface area contributed by atoms with Gasteiger partial charge in [-0.1, -0.05) is 38.1 Å². The smallest absolute Gasteiger partial charge is 0.249 e. The Balaban J connectivity index is 2.03. The second-order valence-electron chi connectivity index (χ2n) is 7.57. The third-order valence-electron chi connectivity index (χ3n) is 5.05. The maximum Gasteiger partial charge on any atom is 0.249 e. The molecule has 8 nitrogen and oxygen atoms in total. The molecule has 0 fully saturated rings. The van der Waals surface area contributed by atoms with Gasteiger partial charge in [0, 0.05) is 11.8 Å². The molecule has 2 aromatic heterocycles. The SMILES string of the molecule is COc1ccccc1-c1nc(S(C)(=O)=O)nc2nn(-c3ccc(C(C)C)cc3)c(N)c12. The molecule has 31 heavy (non-hydrogen) atoms. The lowest BCUT2D eigenvalue weighted by molar-refractivity contribution is 0.416. The van der Waals surface area contributed by atoms with Crippen LogP contribution in [-0.4, -0.2) is 41.5 Å². The summed E-state index contributed by atoms with van der Waals surface area (Å²) in [6.07, 6.45) is 1.06. The summed E-state index contributed by atoms with van der Waals surface area (Å²) in [5.41, 5.74) is 9.57. The van der Waals surface area contributed by atoms with Gasteiger partial charge in [0.05, 0.1) is 23.9 Å². The highest BCUT2D eigenvalue weighted by molar-refractivity contribution is 7.90. The molecule has 9 heteroatoms. The van der Waals surface area contributed by atoms with Crippen LogP contribution >= 0.6 is 0 Å². The summed E-state index contributed by atoms with van der Waals surface area (Å²) in [4.78, 5) is 8.53. The highest BCUT2D eigenvalue weighted by Gasteiger charge is 2.24. The second-order valence-corrected chi connectivity index (χ2v) is 9.48. The average molecular weight is 438 g/mol. The third kappa shape index (κ3) is 3.72. The number of fused-ring (bicyclic) bond motifs is 1. The number of hydrogen-bond donors (Lipinski definition) is 1. The minimum Gasteiger partial charge on any atom is -0.496 e. The summed E-state index contributed by atoms with van der Waals surface area (Å²) in [6, 6.07) is 15.1. The topological polar surface area (TPSA) is 113 Å². The van der Waals surface area contributed by atoms with Crippen molar-refractivity contribution in [2.24, 2.45) is 0 Å². The molecular weight excluding hydrogens is 414 g/mol. The molecule has 0 aliphatic heterocycles. The molecule has 0 aliphatic rings. The number of rotatable bonds is 5. The molecule has 0 bridgehead atoms. The van der Waals surface area contributed by atoms with Gasteiger partial charge in [0.1, 0.15) is 11.6 Å². The van der Waals surface area contributed by atoms with Gasteiger partial charge < -0.3 is 10.5 Å². The Morgan fingerprint density at radius 2 is 1.71 bits per heavy atom. The first kappa shape index (κ1) is 20.8. The average Bonchev–Trinajstić information content (AvgIpc) is 3.09. The van der Waals surface area contributed by atoms with E-state index < -0.39 is 9.84 Å². The van der Waals surface area contributed by atoms with Crippen molar-refractivity contribution in [3.8, 4) is 22.7 Å². The molecular formula is C22H23N5O3S. The van der Waals surface area contributed by atoms with Gasteiger partial charge in [-0.05, 0) is 35.7 Å². The molecule has 0 amide bonds. The molecule has 0 saturated carbocycles. The van der Waals surface area contributed by atoms with E-state index >= 15 is 0 Å². The Labute approximate surface area is 180 Å². The number of hydrogen-bond acceptors (Lipinski definition) is 7. The summed E-state index contributed by atoms with van der Waals surface area (Å²) < 4.78 is 31.5. The van der Waals surface area contributed by atoms with Gasteiger partial charge in [-0.15, -0.1) is 5.10 Å². The Morgan fingerprint density at radius 1 is 1.03 bits per heavy atom. The number of para-hydroxylation sites is 1. The quantitative estimate of drug-likeness (QED) is 0.475. The fourth-order valence-corrected chi connectivity index (χ4v) is 3.90. The number of nitrogen functional groups attached to an aromatic ring is 1. The van der Waals surface area contributed by atoms with E-state index in [0.29, 0.717) is 34.1 Å². The lowest BCUT2D eigenvalue weighted by atomic mass is 10.0. The fraction of sp³-hybridized carbons (Fsp3) is 0.227. The normalized spacial score (nSPS) is 11.9. The van der Waals surface area contributed by atoms with Crippen LogP contribution in [-0.2, 0) is 9.84 Å². The van der Waals surface area contributed by atoms with Gasteiger partial charge in [-0.3, -0.25) is 0 Å². The Bertz CT molecular complexity index is 1380. The molecule has 0 saturated heterocycles. The molecule has 2 heterocycles. The van der Waals surface area contributed by atoms with Crippen molar-refractivity contribution in [2.45, 2.75) is 24.9 Å². The molecule has 0 atom stereocenters. The van der Waals surface area contributed by atoms with Crippen molar-refractivity contribution >= 4 is 26.7 Å². The van der Waals surface area contributed by atoms with Crippen molar-refractivity contribution in [2.75, 3.05) is 19.1 Å². The second kappa shape index (κ2) is 7.66. The number of nitrogens with two attached hydrogens (primary N) is 1. The zero-order valence-electron chi connectivity index (χ0n) is 17.7. The maximum absolute atomic E-state index is 12.3. The molecule has 2 aromatic carbocycles. The highest BCUT2D eigenvalue weighted by Crippen LogP contribution is 2.37. The zero-order chi connectivity index (χ0) is 22.3. The summed E-state index contributed by atoms with van der Waals surface area (Å²) >= 11 is 0. The van der Waals surface area contributed by atoms with Crippen LogP contribution in [0.25, 0.3) is 28.0 Å². The van der Waals surface area contributed by atoms with Crippen molar-refractivity contribution in [1.29, 1.82) is 0 Å². The first-order valence-electron chi connectivity index (χ1n) is 9.70. The van der Waals surface area contributed by atoms with E-state index in [-0.39, 0.29) is 10.8 Å². The van der Waals surface area contributed by atoms with Crippen molar-refractivity contribution in [1.82, 2.24) is 19.7 Å². The summed E-state index contributed by atoms with van der Waals surface area (Å²) in [6.45, 7) is 4.24. The molecule has 160 valence electrons. The van der Waals surface area contributed by atoms with Gasteiger partial charge in [0.15, 0.2) is 5.65 Å². The van der Waals surface area contributed by atoms with Crippen LogP contribution in [0.15, 0.2) is 53.7 Å². The maximum atomic E-state index is 12.3. The summed E-state index contributed by atoms with van der Waals surface area (Å²) in [7, 11) is -2.14. The first-order valence-corrected chi connectivity index (χ1v) is 11.6. The minimum absolute atomic E-state index is 0.196. The number of benzene rings is 2. The molecule has 2 N–H and O–H groups in total. The van der Waals surface area contributed by atoms with E-state index in [1.807, 2.05) is 36.4 Å². The van der Waals surface area contributed by atoms with Crippen LogP contribution in [0.1, 0.15) is 25.3 Å². The predicted octanol–water partition coefficient (Wildman–Crippen LogP) is 3.60. The predicted molar refractivity (Wildman–Crippen MR) is 120 cm³/mol. The number of methoxy groups -OCH3 is 1. The van der Waals surface area contributed by atoms with E-state index in [4.69, 9.17) is 10.5 Å². The van der Waals surface area contributed by atoms with E-state index in [0.717, 1.165) is 11.9 Å². The summed E-state index contributed by atoms with van der Waals surface area (Å²) in [5.74, 6) is 1.24. The van der Waals surface area contributed by atoms with Crippen molar-refractivity contribution in [3.05, 3.63) is 54.1 Å². The zero-order valence-corrected chi connectivity index (χ0v) is 18.5. The van der Waals surface area contributed by atoms with E-state index in [9.17, 15) is 8.42 Å². The van der Waals surface area contributed by atoms with Crippen molar-refractivity contribution in [3.63, 3.8) is 0 Å². The lowest BCUT2D eigenvalue weighted by Crippen LogP contribution is -2.06. The molecule has 0 unspecified atom stereocenters. The molecule has 0 spiro atoms. The number of nitrogens with zero attached hydrogens (tertiary/aromatic N) is 4. The van der Waals surface area contributed by atoms with Crippen LogP contribution in [0.4, 0.5) is 5.82 Å². The van der Waals surface area contributed by atoms with E-state index in [2.05, 4.69) is 28.9 Å². The van der Waals surface area contributed by atoms with Crippen LogP contribution < -0.4 is 10.5 Å². The summed E-state index contributed by atoms with van der Waals surface area (Å²) in [5, 5.41) is 4.65. The van der Waals surface area contributed by atoms with Gasteiger partial charge in [0.25, 0.3) is 0 Å². The number of aromatic nitrogens is 4. The van der Waals surface area contributed by atoms with E-state index in [1.165, 1.54) is 12.7 Å². The molecule has 0 aliphatic carbocycles.